The number of nitriles is 1. The number of phenolic OH excluding ortho intramolecular Hbond substituents is 1. The van der Waals surface area contributed by atoms with E-state index < -0.39 is 0 Å². The van der Waals surface area contributed by atoms with Gasteiger partial charge in [0.15, 0.2) is 0 Å². The maximum Gasteiger partial charge on any atom is 0.125 e. The fourth-order valence-electron chi connectivity index (χ4n) is 2.38. The van der Waals surface area contributed by atoms with Gasteiger partial charge in [0, 0.05) is 17.6 Å². The summed E-state index contributed by atoms with van der Waals surface area (Å²) >= 11 is 0. The molecule has 0 spiro atoms. The first-order valence-corrected chi connectivity index (χ1v) is 6.94. The standard InChI is InChI=1S/C10H6N2O.C6H13N/c11-6-7-3-4-9(13)8-2-1-5-12-10(7)8;7-6-4-2-1-3-5-6/h1-5,13H;6H,1-5,7H2. The van der Waals surface area contributed by atoms with Crippen molar-refractivity contribution in [1.82, 2.24) is 4.98 Å². The molecule has 3 N–H and O–H groups in total. The molecule has 0 amide bonds. The summed E-state index contributed by atoms with van der Waals surface area (Å²) in [5.41, 5.74) is 6.66. The molecule has 1 aliphatic carbocycles. The lowest BCUT2D eigenvalue weighted by atomic mass is 9.97. The summed E-state index contributed by atoms with van der Waals surface area (Å²) in [5.74, 6) is 0.155. The molecule has 1 heterocycles. The average molecular weight is 269 g/mol. The molecule has 20 heavy (non-hydrogen) atoms. The summed E-state index contributed by atoms with van der Waals surface area (Å²) in [5, 5.41) is 18.8. The molecule has 0 unspecified atom stereocenters. The first-order chi connectivity index (χ1) is 9.72. The minimum absolute atomic E-state index is 0.155. The average Bonchev–Trinajstić information content (AvgIpc) is 2.49. The number of rotatable bonds is 0. The van der Waals surface area contributed by atoms with Crippen LogP contribution in [0.3, 0.4) is 0 Å². The van der Waals surface area contributed by atoms with Crippen LogP contribution in [0.2, 0.25) is 0 Å². The van der Waals surface area contributed by atoms with Crippen molar-refractivity contribution in [3.63, 3.8) is 0 Å². The first kappa shape index (κ1) is 14.3. The smallest absolute Gasteiger partial charge is 0.125 e. The van der Waals surface area contributed by atoms with Crippen LogP contribution in [0.15, 0.2) is 30.5 Å². The third-order valence-electron chi connectivity index (χ3n) is 3.52. The van der Waals surface area contributed by atoms with E-state index in [1.807, 2.05) is 6.07 Å². The Bertz CT molecular complexity index is 613. The van der Waals surface area contributed by atoms with Crippen LogP contribution in [0, 0.1) is 11.3 Å². The van der Waals surface area contributed by atoms with Gasteiger partial charge in [-0.05, 0) is 37.1 Å². The number of fused-ring (bicyclic) bond motifs is 1. The second kappa shape index (κ2) is 6.88. The second-order valence-electron chi connectivity index (χ2n) is 5.04. The summed E-state index contributed by atoms with van der Waals surface area (Å²) in [6.45, 7) is 0. The summed E-state index contributed by atoms with van der Waals surface area (Å²) in [4.78, 5) is 4.03. The molecule has 0 aliphatic heterocycles. The Morgan fingerprint density at radius 1 is 1.20 bits per heavy atom. The summed E-state index contributed by atoms with van der Waals surface area (Å²) < 4.78 is 0. The molecule has 3 rings (SSSR count). The number of phenols is 1. The molecule has 0 saturated heterocycles. The highest BCUT2D eigenvalue weighted by molar-refractivity contribution is 5.89. The Balaban J connectivity index is 0.000000178. The van der Waals surface area contributed by atoms with Gasteiger partial charge in [0.05, 0.1) is 11.1 Å². The zero-order chi connectivity index (χ0) is 14.4. The number of aromatic nitrogens is 1. The van der Waals surface area contributed by atoms with E-state index >= 15 is 0 Å². The molecule has 1 aromatic carbocycles. The number of aromatic hydroxyl groups is 1. The van der Waals surface area contributed by atoms with Crippen LogP contribution in [0.1, 0.15) is 37.7 Å². The first-order valence-electron chi connectivity index (χ1n) is 6.94. The molecule has 1 aromatic heterocycles. The summed E-state index contributed by atoms with van der Waals surface area (Å²) in [7, 11) is 0. The van der Waals surface area contributed by atoms with Gasteiger partial charge in [0.25, 0.3) is 0 Å². The molecule has 0 radical (unpaired) electrons. The van der Waals surface area contributed by atoms with Crippen LogP contribution in [0.25, 0.3) is 10.9 Å². The monoisotopic (exact) mass is 269 g/mol. The molecule has 0 atom stereocenters. The van der Waals surface area contributed by atoms with Crippen molar-refractivity contribution in [3.8, 4) is 11.8 Å². The van der Waals surface area contributed by atoms with Gasteiger partial charge in [0.1, 0.15) is 11.8 Å². The second-order valence-corrected chi connectivity index (χ2v) is 5.04. The lowest BCUT2D eigenvalue weighted by Gasteiger charge is -2.15. The van der Waals surface area contributed by atoms with Gasteiger partial charge in [0.2, 0.25) is 0 Å². The van der Waals surface area contributed by atoms with E-state index in [2.05, 4.69) is 4.98 Å². The SMILES string of the molecule is N#Cc1ccc(O)c2cccnc12.NC1CCCCC1. The lowest BCUT2D eigenvalue weighted by molar-refractivity contribution is 0.441. The quantitative estimate of drug-likeness (QED) is 0.769. The number of pyridine rings is 1. The van der Waals surface area contributed by atoms with Crippen molar-refractivity contribution in [2.45, 2.75) is 38.1 Å². The van der Waals surface area contributed by atoms with Gasteiger partial charge >= 0.3 is 0 Å². The molecule has 0 bridgehead atoms. The van der Waals surface area contributed by atoms with Crippen LogP contribution >= 0.6 is 0 Å². The lowest BCUT2D eigenvalue weighted by Crippen LogP contribution is -2.22. The highest BCUT2D eigenvalue weighted by atomic mass is 16.3. The summed E-state index contributed by atoms with van der Waals surface area (Å²) in [6, 6.07) is 9.08. The molecular formula is C16H19N3O. The highest BCUT2D eigenvalue weighted by Gasteiger charge is 2.06. The third-order valence-corrected chi connectivity index (χ3v) is 3.52. The fraction of sp³-hybridized carbons (Fsp3) is 0.375. The molecular weight excluding hydrogens is 250 g/mol. The van der Waals surface area contributed by atoms with Crippen LogP contribution in [-0.4, -0.2) is 16.1 Å². The number of nitrogens with two attached hydrogens (primary N) is 1. The van der Waals surface area contributed by atoms with Gasteiger partial charge in [-0.3, -0.25) is 4.98 Å². The van der Waals surface area contributed by atoms with E-state index in [1.54, 1.807) is 24.4 Å². The van der Waals surface area contributed by atoms with E-state index in [4.69, 9.17) is 11.0 Å². The third kappa shape index (κ3) is 3.46. The molecule has 1 aliphatic rings. The van der Waals surface area contributed by atoms with Crippen LogP contribution in [-0.2, 0) is 0 Å². The van der Waals surface area contributed by atoms with Gasteiger partial charge in [-0.25, -0.2) is 0 Å². The fourth-order valence-corrected chi connectivity index (χ4v) is 2.38. The van der Waals surface area contributed by atoms with E-state index in [0.717, 1.165) is 0 Å². The minimum atomic E-state index is 0.155. The predicted octanol–water partition coefficient (Wildman–Crippen LogP) is 3.09. The van der Waals surface area contributed by atoms with Crippen molar-refractivity contribution in [2.75, 3.05) is 0 Å². The van der Waals surface area contributed by atoms with Gasteiger partial charge in [-0.15, -0.1) is 0 Å². The molecule has 4 nitrogen and oxygen atoms in total. The van der Waals surface area contributed by atoms with Gasteiger partial charge < -0.3 is 10.8 Å². The van der Waals surface area contributed by atoms with Crippen molar-refractivity contribution in [3.05, 3.63) is 36.0 Å². The van der Waals surface area contributed by atoms with E-state index in [9.17, 15) is 5.11 Å². The van der Waals surface area contributed by atoms with Crippen molar-refractivity contribution < 1.29 is 5.11 Å². The maximum atomic E-state index is 9.44. The van der Waals surface area contributed by atoms with Crippen LogP contribution < -0.4 is 5.73 Å². The van der Waals surface area contributed by atoms with Gasteiger partial charge in [-0.2, -0.15) is 5.26 Å². The largest absolute Gasteiger partial charge is 0.507 e. The molecule has 4 heteroatoms. The Kier molecular flexibility index (Phi) is 4.91. The maximum absolute atomic E-state index is 9.44. The minimum Gasteiger partial charge on any atom is -0.507 e. The highest BCUT2D eigenvalue weighted by Crippen LogP contribution is 2.24. The normalized spacial score (nSPS) is 15.2. The Morgan fingerprint density at radius 3 is 2.55 bits per heavy atom. The zero-order valence-corrected chi connectivity index (χ0v) is 11.4. The molecule has 2 aromatic rings. The zero-order valence-electron chi connectivity index (χ0n) is 11.4. The number of hydrogen-bond donors (Lipinski definition) is 2. The van der Waals surface area contributed by atoms with Crippen molar-refractivity contribution >= 4 is 10.9 Å². The van der Waals surface area contributed by atoms with Crippen molar-refractivity contribution in [1.29, 1.82) is 5.26 Å². The van der Waals surface area contributed by atoms with E-state index in [-0.39, 0.29) is 5.75 Å². The topological polar surface area (TPSA) is 82.9 Å². The van der Waals surface area contributed by atoms with Gasteiger partial charge in [-0.1, -0.05) is 19.3 Å². The molecule has 1 saturated carbocycles. The Labute approximate surface area is 118 Å². The summed E-state index contributed by atoms with van der Waals surface area (Å²) in [6.07, 6.45) is 8.26. The number of benzene rings is 1. The predicted molar refractivity (Wildman–Crippen MR) is 79.2 cm³/mol. The van der Waals surface area contributed by atoms with Crippen molar-refractivity contribution in [2.24, 2.45) is 5.73 Å². The van der Waals surface area contributed by atoms with E-state index in [0.29, 0.717) is 22.5 Å². The molecule has 1 fully saturated rings. The molecule has 104 valence electrons. The van der Waals surface area contributed by atoms with Crippen LogP contribution in [0.5, 0.6) is 5.75 Å². The number of hydrogen-bond acceptors (Lipinski definition) is 4. The van der Waals surface area contributed by atoms with E-state index in [1.165, 1.54) is 38.2 Å². The Hall–Kier alpha value is -2.12. The van der Waals surface area contributed by atoms with Crippen LogP contribution in [0.4, 0.5) is 0 Å². The number of nitrogens with zero attached hydrogens (tertiary/aromatic N) is 2. The Morgan fingerprint density at radius 2 is 1.95 bits per heavy atom.